The van der Waals surface area contributed by atoms with Crippen molar-refractivity contribution >= 4 is 39.8 Å². The predicted molar refractivity (Wildman–Crippen MR) is 91.9 cm³/mol. The van der Waals surface area contributed by atoms with E-state index in [0.717, 1.165) is 30.7 Å². The van der Waals surface area contributed by atoms with E-state index in [2.05, 4.69) is 20.8 Å². The summed E-state index contributed by atoms with van der Waals surface area (Å²) in [6.07, 6.45) is -2.30. The van der Waals surface area contributed by atoms with E-state index in [4.69, 9.17) is 0 Å². The fraction of sp³-hybridized carbons (Fsp3) is 0.400. The molecule has 0 radical (unpaired) electrons. The normalized spacial score (nSPS) is 15.7. The van der Waals surface area contributed by atoms with Crippen LogP contribution in [0.25, 0.3) is 0 Å². The molecule has 1 unspecified atom stereocenters. The molecule has 0 spiro atoms. The fourth-order valence-corrected chi connectivity index (χ4v) is 3.97. The van der Waals surface area contributed by atoms with Crippen molar-refractivity contribution in [1.29, 1.82) is 0 Å². The molecule has 1 fully saturated rings. The van der Waals surface area contributed by atoms with E-state index in [1.54, 1.807) is 6.92 Å². The Bertz CT molecular complexity index is 761. The van der Waals surface area contributed by atoms with Gasteiger partial charge >= 0.3 is 6.18 Å². The zero-order valence-corrected chi connectivity index (χ0v) is 14.8. The van der Waals surface area contributed by atoms with Gasteiger partial charge in [-0.25, -0.2) is 0 Å². The Labute approximate surface area is 150 Å². The van der Waals surface area contributed by atoms with Crippen LogP contribution in [0.15, 0.2) is 28.6 Å². The highest BCUT2D eigenvalue weighted by atomic mass is 32.2. The topological polar surface area (TPSA) is 66.9 Å². The molecular weight excluding hydrogens is 373 g/mol. The van der Waals surface area contributed by atoms with Crippen LogP contribution in [0.5, 0.6) is 0 Å². The maximum Gasteiger partial charge on any atom is 0.418 e. The third-order valence-electron chi connectivity index (χ3n) is 3.45. The number of aromatic nitrogens is 2. The molecule has 134 valence electrons. The number of nitrogens with one attached hydrogen (secondary N) is 2. The van der Waals surface area contributed by atoms with Crippen LogP contribution in [-0.2, 0) is 11.0 Å². The molecule has 1 aromatic heterocycles. The van der Waals surface area contributed by atoms with Gasteiger partial charge in [0.1, 0.15) is 0 Å². The summed E-state index contributed by atoms with van der Waals surface area (Å²) < 4.78 is 39.5. The summed E-state index contributed by atoms with van der Waals surface area (Å²) >= 11 is 2.49. The Balaban J connectivity index is 1.62. The average molecular weight is 388 g/mol. The largest absolute Gasteiger partial charge is 0.418 e. The number of alkyl halides is 3. The molecule has 1 heterocycles. The van der Waals surface area contributed by atoms with E-state index >= 15 is 0 Å². The zero-order valence-electron chi connectivity index (χ0n) is 13.1. The predicted octanol–water partition coefficient (Wildman–Crippen LogP) is 4.25. The summed E-state index contributed by atoms with van der Waals surface area (Å²) in [5.74, 6) is -0.520. The van der Waals surface area contributed by atoms with Crippen molar-refractivity contribution in [2.24, 2.45) is 0 Å². The van der Waals surface area contributed by atoms with Crippen molar-refractivity contribution in [2.75, 3.05) is 10.6 Å². The number of para-hydroxylation sites is 1. The van der Waals surface area contributed by atoms with Crippen LogP contribution >= 0.6 is 23.1 Å². The van der Waals surface area contributed by atoms with Crippen LogP contribution in [0.1, 0.15) is 25.3 Å². The van der Waals surface area contributed by atoms with Crippen LogP contribution in [0.4, 0.5) is 24.0 Å². The van der Waals surface area contributed by atoms with Gasteiger partial charge in [-0.3, -0.25) is 4.79 Å². The van der Waals surface area contributed by atoms with Gasteiger partial charge in [-0.05, 0) is 31.9 Å². The molecule has 1 aliphatic carbocycles. The molecule has 3 rings (SSSR count). The van der Waals surface area contributed by atoms with E-state index in [-0.39, 0.29) is 5.69 Å². The smallest absolute Gasteiger partial charge is 0.357 e. The first-order valence-electron chi connectivity index (χ1n) is 7.56. The van der Waals surface area contributed by atoms with Crippen LogP contribution in [0.3, 0.4) is 0 Å². The van der Waals surface area contributed by atoms with Crippen molar-refractivity contribution in [3.63, 3.8) is 0 Å². The summed E-state index contributed by atoms with van der Waals surface area (Å²) in [7, 11) is 0. The number of benzene rings is 1. The van der Waals surface area contributed by atoms with Crippen LogP contribution in [0.2, 0.25) is 0 Å². The molecule has 1 amide bonds. The third kappa shape index (κ3) is 4.85. The summed E-state index contributed by atoms with van der Waals surface area (Å²) in [4.78, 5) is 12.2. The second-order valence-electron chi connectivity index (χ2n) is 5.58. The number of amides is 1. The van der Waals surface area contributed by atoms with Gasteiger partial charge in [-0.1, -0.05) is 35.2 Å². The molecular formula is C15H15F3N4OS2. The lowest BCUT2D eigenvalue weighted by atomic mass is 10.1. The van der Waals surface area contributed by atoms with Gasteiger partial charge in [0.25, 0.3) is 0 Å². The molecule has 2 N–H and O–H groups in total. The Morgan fingerprint density at radius 3 is 2.72 bits per heavy atom. The molecule has 1 saturated carbocycles. The number of carbonyl (C=O) groups is 1. The average Bonchev–Trinajstić information content (AvgIpc) is 3.25. The van der Waals surface area contributed by atoms with Crippen molar-refractivity contribution in [1.82, 2.24) is 10.2 Å². The Hall–Kier alpha value is -1.81. The first-order valence-corrected chi connectivity index (χ1v) is 9.26. The van der Waals surface area contributed by atoms with Crippen molar-refractivity contribution in [3.05, 3.63) is 29.8 Å². The molecule has 5 nitrogen and oxygen atoms in total. The van der Waals surface area contributed by atoms with E-state index < -0.39 is 22.9 Å². The number of hydrogen-bond acceptors (Lipinski definition) is 6. The molecule has 2 aromatic rings. The van der Waals surface area contributed by atoms with E-state index in [1.807, 2.05) is 0 Å². The molecule has 25 heavy (non-hydrogen) atoms. The minimum atomic E-state index is -4.52. The Morgan fingerprint density at radius 1 is 1.32 bits per heavy atom. The minimum absolute atomic E-state index is 0.249. The molecule has 1 aliphatic rings. The molecule has 1 atom stereocenters. The lowest BCUT2D eigenvalue weighted by Crippen LogP contribution is -2.24. The molecule has 0 bridgehead atoms. The molecule has 1 aromatic carbocycles. The molecule has 10 heteroatoms. The van der Waals surface area contributed by atoms with Gasteiger partial charge < -0.3 is 10.6 Å². The molecule has 0 saturated heterocycles. The number of thioether (sulfide) groups is 1. The summed E-state index contributed by atoms with van der Waals surface area (Å²) in [6, 6.07) is 5.36. The lowest BCUT2D eigenvalue weighted by molar-refractivity contribution is -0.137. The highest BCUT2D eigenvalue weighted by Gasteiger charge is 2.34. The van der Waals surface area contributed by atoms with Gasteiger partial charge in [0, 0.05) is 6.04 Å². The van der Waals surface area contributed by atoms with Gasteiger partial charge in [-0.15, -0.1) is 10.2 Å². The van der Waals surface area contributed by atoms with Crippen LogP contribution in [0, 0.1) is 0 Å². The second-order valence-corrected chi connectivity index (χ2v) is 8.15. The van der Waals surface area contributed by atoms with Crippen molar-refractivity contribution < 1.29 is 18.0 Å². The van der Waals surface area contributed by atoms with E-state index in [1.165, 1.54) is 29.5 Å². The van der Waals surface area contributed by atoms with Crippen molar-refractivity contribution in [3.8, 4) is 0 Å². The van der Waals surface area contributed by atoms with Crippen LogP contribution in [-0.4, -0.2) is 27.4 Å². The van der Waals surface area contributed by atoms with Gasteiger partial charge in [0.05, 0.1) is 16.5 Å². The number of carbonyl (C=O) groups excluding carboxylic acids is 1. The minimum Gasteiger partial charge on any atom is -0.357 e. The number of nitrogens with zero attached hydrogens (tertiary/aromatic N) is 2. The highest BCUT2D eigenvalue weighted by Crippen LogP contribution is 2.36. The Kier molecular flexibility index (Phi) is 5.19. The second kappa shape index (κ2) is 7.20. The van der Waals surface area contributed by atoms with Gasteiger partial charge in [-0.2, -0.15) is 13.2 Å². The maximum absolute atomic E-state index is 13.0. The van der Waals surface area contributed by atoms with Crippen molar-refractivity contribution in [2.45, 2.75) is 41.6 Å². The fourth-order valence-electron chi connectivity index (χ4n) is 2.00. The van der Waals surface area contributed by atoms with E-state index in [0.29, 0.717) is 15.5 Å². The number of anilines is 2. The van der Waals surface area contributed by atoms with Gasteiger partial charge in [0.15, 0.2) is 4.34 Å². The summed E-state index contributed by atoms with van der Waals surface area (Å²) in [6.45, 7) is 1.62. The van der Waals surface area contributed by atoms with Gasteiger partial charge in [0.2, 0.25) is 11.0 Å². The summed E-state index contributed by atoms with van der Waals surface area (Å²) in [5, 5.41) is 13.6. The number of hydrogen-bond donors (Lipinski definition) is 2. The number of rotatable bonds is 6. The molecule has 0 aliphatic heterocycles. The highest BCUT2D eigenvalue weighted by molar-refractivity contribution is 8.02. The lowest BCUT2D eigenvalue weighted by Gasteiger charge is -2.15. The third-order valence-corrected chi connectivity index (χ3v) is 5.49. The number of halogens is 3. The van der Waals surface area contributed by atoms with E-state index in [9.17, 15) is 18.0 Å². The first-order chi connectivity index (χ1) is 11.8. The first kappa shape index (κ1) is 18.0. The Morgan fingerprint density at radius 2 is 2.04 bits per heavy atom. The standard InChI is InChI=1S/C15H15F3N4OS2/c1-8(24-14-22-21-13(25-14)19-9-6-7-9)12(23)20-11-5-3-2-4-10(11)15(16,17)18/h2-5,8-9H,6-7H2,1H3,(H,19,21)(H,20,23). The zero-order chi connectivity index (χ0) is 18.0. The summed E-state index contributed by atoms with van der Waals surface area (Å²) in [5.41, 5.74) is -1.12. The quantitative estimate of drug-likeness (QED) is 0.724. The SMILES string of the molecule is CC(Sc1nnc(NC2CC2)s1)C(=O)Nc1ccccc1C(F)(F)F. The van der Waals surface area contributed by atoms with Crippen LogP contribution < -0.4 is 10.6 Å². The maximum atomic E-state index is 13.0. The monoisotopic (exact) mass is 388 g/mol.